The number of amides is 2. The van der Waals surface area contributed by atoms with Crippen LogP contribution in [0.5, 0.6) is 11.5 Å². The van der Waals surface area contributed by atoms with Gasteiger partial charge in [0.1, 0.15) is 0 Å². The van der Waals surface area contributed by atoms with Crippen LogP contribution in [-0.2, 0) is 16.0 Å². The first-order chi connectivity index (χ1) is 15.8. The number of methoxy groups -OCH3 is 2. The summed E-state index contributed by atoms with van der Waals surface area (Å²) in [5.41, 5.74) is 2.90. The molecule has 0 radical (unpaired) electrons. The van der Waals surface area contributed by atoms with Crippen molar-refractivity contribution in [1.29, 1.82) is 0 Å². The Balaban J connectivity index is 1.56. The lowest BCUT2D eigenvalue weighted by atomic mass is 10.1. The molecule has 1 heterocycles. The van der Waals surface area contributed by atoms with Crippen molar-refractivity contribution in [3.63, 3.8) is 0 Å². The monoisotopic (exact) mass is 470 g/mol. The number of likely N-dealkylation sites (tertiary alicyclic amines) is 1. The van der Waals surface area contributed by atoms with E-state index in [1.807, 2.05) is 43.0 Å². The third-order valence-electron chi connectivity index (χ3n) is 6.07. The Labute approximate surface area is 201 Å². The number of hydrogen-bond acceptors (Lipinski definition) is 5. The van der Waals surface area contributed by atoms with Crippen molar-refractivity contribution in [2.45, 2.75) is 50.2 Å². The van der Waals surface area contributed by atoms with E-state index in [-0.39, 0.29) is 24.2 Å². The third-order valence-corrected chi connectivity index (χ3v) is 7.33. The van der Waals surface area contributed by atoms with E-state index in [0.29, 0.717) is 36.3 Å². The van der Waals surface area contributed by atoms with Crippen LogP contribution in [0.3, 0.4) is 0 Å². The highest BCUT2D eigenvalue weighted by atomic mass is 32.2. The molecule has 0 aromatic heterocycles. The number of benzene rings is 2. The van der Waals surface area contributed by atoms with Gasteiger partial charge < -0.3 is 19.7 Å². The molecule has 1 saturated heterocycles. The van der Waals surface area contributed by atoms with Crippen LogP contribution in [0.4, 0.5) is 5.69 Å². The molecule has 0 bridgehead atoms. The summed E-state index contributed by atoms with van der Waals surface area (Å²) in [6.07, 6.45) is 2.05. The molecule has 2 aromatic carbocycles. The van der Waals surface area contributed by atoms with Crippen LogP contribution in [0.15, 0.2) is 41.3 Å². The highest BCUT2D eigenvalue weighted by Crippen LogP contribution is 2.30. The third kappa shape index (κ3) is 6.44. The largest absolute Gasteiger partial charge is 0.493 e. The minimum Gasteiger partial charge on any atom is -0.493 e. The number of carbonyl (C=O) groups is 2. The van der Waals surface area contributed by atoms with E-state index in [2.05, 4.69) is 31.3 Å². The molecule has 178 valence electrons. The maximum Gasteiger partial charge on any atom is 0.229 e. The molecule has 3 rings (SSSR count). The molecular weight excluding hydrogens is 436 g/mol. The molecule has 0 aliphatic carbocycles. The molecule has 7 heteroatoms. The number of ether oxygens (including phenoxy) is 2. The topological polar surface area (TPSA) is 67.9 Å². The molecule has 1 fully saturated rings. The number of nitrogens with zero attached hydrogens (tertiary/aromatic N) is 1. The zero-order valence-corrected chi connectivity index (χ0v) is 21.0. The molecule has 2 atom stereocenters. The zero-order valence-electron chi connectivity index (χ0n) is 20.1. The number of anilines is 1. The normalized spacial score (nSPS) is 16.6. The van der Waals surface area contributed by atoms with E-state index >= 15 is 0 Å². The fraction of sp³-hybridized carbons (Fsp3) is 0.462. The SMILES string of the molecule is CCC(C)Sc1ccc(NC(=O)C2CC(=O)N(CCc3ccc(OC)c(OC)c3)C2)c(C)c1. The van der Waals surface area contributed by atoms with Gasteiger partial charge in [-0.2, -0.15) is 0 Å². The van der Waals surface area contributed by atoms with Gasteiger partial charge in [0.05, 0.1) is 20.1 Å². The summed E-state index contributed by atoms with van der Waals surface area (Å²) in [7, 11) is 3.21. The van der Waals surface area contributed by atoms with Gasteiger partial charge in [-0.05, 0) is 61.2 Å². The van der Waals surface area contributed by atoms with Gasteiger partial charge in [0, 0.05) is 35.3 Å². The summed E-state index contributed by atoms with van der Waals surface area (Å²) in [6, 6.07) is 11.9. The Morgan fingerprint density at radius 1 is 1.18 bits per heavy atom. The summed E-state index contributed by atoms with van der Waals surface area (Å²) in [5, 5.41) is 3.59. The van der Waals surface area contributed by atoms with E-state index in [1.54, 1.807) is 19.1 Å². The Bertz CT molecular complexity index is 994. The second kappa shape index (κ2) is 11.5. The second-order valence-corrected chi connectivity index (χ2v) is 9.99. The van der Waals surface area contributed by atoms with E-state index in [1.165, 1.54) is 4.90 Å². The fourth-order valence-corrected chi connectivity index (χ4v) is 4.89. The second-order valence-electron chi connectivity index (χ2n) is 8.48. The number of aryl methyl sites for hydroxylation is 1. The molecule has 1 aliphatic heterocycles. The average molecular weight is 471 g/mol. The molecule has 33 heavy (non-hydrogen) atoms. The van der Waals surface area contributed by atoms with Crippen molar-refractivity contribution >= 4 is 29.3 Å². The average Bonchev–Trinajstić information content (AvgIpc) is 3.19. The van der Waals surface area contributed by atoms with Crippen LogP contribution in [0, 0.1) is 12.8 Å². The molecule has 2 aromatic rings. The van der Waals surface area contributed by atoms with Crippen LogP contribution in [0.2, 0.25) is 0 Å². The Morgan fingerprint density at radius 2 is 1.94 bits per heavy atom. The number of rotatable bonds is 10. The van der Waals surface area contributed by atoms with Gasteiger partial charge in [0.2, 0.25) is 11.8 Å². The molecule has 2 unspecified atom stereocenters. The van der Waals surface area contributed by atoms with E-state index in [9.17, 15) is 9.59 Å². The van der Waals surface area contributed by atoms with Crippen LogP contribution < -0.4 is 14.8 Å². The van der Waals surface area contributed by atoms with Crippen LogP contribution in [0.25, 0.3) is 0 Å². The van der Waals surface area contributed by atoms with Crippen LogP contribution >= 0.6 is 11.8 Å². The molecule has 2 amide bonds. The van der Waals surface area contributed by atoms with Crippen molar-refractivity contribution < 1.29 is 19.1 Å². The highest BCUT2D eigenvalue weighted by Gasteiger charge is 2.34. The number of hydrogen-bond donors (Lipinski definition) is 1. The molecular formula is C26H34N2O4S. The summed E-state index contributed by atoms with van der Waals surface area (Å²) in [5.74, 6) is 0.937. The quantitative estimate of drug-likeness (QED) is 0.499. The molecule has 0 saturated carbocycles. The summed E-state index contributed by atoms with van der Waals surface area (Å²) in [6.45, 7) is 7.41. The summed E-state index contributed by atoms with van der Waals surface area (Å²) in [4.78, 5) is 28.4. The Hall–Kier alpha value is -2.67. The first-order valence-electron chi connectivity index (χ1n) is 11.4. The van der Waals surface area contributed by atoms with Gasteiger partial charge in [-0.3, -0.25) is 9.59 Å². The molecule has 1 aliphatic rings. The molecule has 6 nitrogen and oxygen atoms in total. The lowest BCUT2D eigenvalue weighted by molar-refractivity contribution is -0.128. The number of thioether (sulfide) groups is 1. The number of carbonyl (C=O) groups excluding carboxylic acids is 2. The zero-order chi connectivity index (χ0) is 24.0. The standard InChI is InChI=1S/C26H34N2O4S/c1-6-18(3)33-21-8-9-22(17(2)13-21)27-26(30)20-15-25(29)28(16-20)12-11-19-7-10-23(31-4)24(14-19)32-5/h7-10,13-14,18,20H,6,11-12,15-16H2,1-5H3,(H,27,30). The lowest BCUT2D eigenvalue weighted by Gasteiger charge is -2.18. The maximum atomic E-state index is 12.9. The van der Waals surface area contributed by atoms with E-state index in [4.69, 9.17) is 9.47 Å². The van der Waals surface area contributed by atoms with Gasteiger partial charge >= 0.3 is 0 Å². The first kappa shape index (κ1) is 25.0. The minimum atomic E-state index is -0.337. The van der Waals surface area contributed by atoms with Gasteiger partial charge in [0.15, 0.2) is 11.5 Å². The van der Waals surface area contributed by atoms with Gasteiger partial charge in [0.25, 0.3) is 0 Å². The molecule has 1 N–H and O–H groups in total. The molecule has 0 spiro atoms. The van der Waals surface area contributed by atoms with Crippen molar-refractivity contribution in [2.24, 2.45) is 5.92 Å². The van der Waals surface area contributed by atoms with Crippen molar-refractivity contribution in [1.82, 2.24) is 4.90 Å². The van der Waals surface area contributed by atoms with Gasteiger partial charge in [-0.1, -0.05) is 19.9 Å². The smallest absolute Gasteiger partial charge is 0.229 e. The maximum absolute atomic E-state index is 12.9. The Morgan fingerprint density at radius 3 is 2.61 bits per heavy atom. The summed E-state index contributed by atoms with van der Waals surface area (Å²) < 4.78 is 10.6. The van der Waals surface area contributed by atoms with Gasteiger partial charge in [-0.25, -0.2) is 0 Å². The van der Waals surface area contributed by atoms with Crippen molar-refractivity contribution in [3.8, 4) is 11.5 Å². The first-order valence-corrected chi connectivity index (χ1v) is 12.3. The predicted molar refractivity (Wildman–Crippen MR) is 133 cm³/mol. The van der Waals surface area contributed by atoms with Crippen LogP contribution in [-0.4, -0.2) is 49.3 Å². The minimum absolute atomic E-state index is 0.0210. The van der Waals surface area contributed by atoms with Gasteiger partial charge in [-0.15, -0.1) is 11.8 Å². The Kier molecular flexibility index (Phi) is 8.67. The predicted octanol–water partition coefficient (Wildman–Crippen LogP) is 4.93. The lowest BCUT2D eigenvalue weighted by Crippen LogP contribution is -2.30. The van der Waals surface area contributed by atoms with E-state index < -0.39 is 0 Å². The van der Waals surface area contributed by atoms with Crippen molar-refractivity contribution in [2.75, 3.05) is 32.6 Å². The van der Waals surface area contributed by atoms with Crippen molar-refractivity contribution in [3.05, 3.63) is 47.5 Å². The number of nitrogens with one attached hydrogen (secondary N) is 1. The highest BCUT2D eigenvalue weighted by molar-refractivity contribution is 7.99. The fourth-order valence-electron chi connectivity index (χ4n) is 3.86. The summed E-state index contributed by atoms with van der Waals surface area (Å²) >= 11 is 1.84. The van der Waals surface area contributed by atoms with E-state index in [0.717, 1.165) is 23.2 Å². The van der Waals surface area contributed by atoms with Crippen LogP contribution in [0.1, 0.15) is 37.8 Å².